The molecule has 0 saturated carbocycles. The third-order valence-corrected chi connectivity index (χ3v) is 3.86. The molecule has 6 nitrogen and oxygen atoms in total. The summed E-state index contributed by atoms with van der Waals surface area (Å²) in [6.07, 6.45) is 1.67. The molecule has 110 valence electrons. The third kappa shape index (κ3) is 3.57. The van der Waals surface area contributed by atoms with Gasteiger partial charge in [-0.25, -0.2) is 14.6 Å². The molecule has 0 aliphatic rings. The molecule has 1 atom stereocenters. The highest BCUT2D eigenvalue weighted by Gasteiger charge is 2.16. The normalized spacial score (nSPS) is 11.7. The Morgan fingerprint density at radius 3 is 2.76 bits per heavy atom. The van der Waals surface area contributed by atoms with Gasteiger partial charge in [0, 0.05) is 11.6 Å². The van der Waals surface area contributed by atoms with E-state index in [9.17, 15) is 14.7 Å². The summed E-state index contributed by atoms with van der Waals surface area (Å²) < 4.78 is 0. The van der Waals surface area contributed by atoms with E-state index in [-0.39, 0.29) is 17.3 Å². The van der Waals surface area contributed by atoms with E-state index in [0.29, 0.717) is 5.56 Å². The van der Waals surface area contributed by atoms with Gasteiger partial charge < -0.3 is 15.7 Å². The Morgan fingerprint density at radius 1 is 1.38 bits per heavy atom. The van der Waals surface area contributed by atoms with Crippen LogP contribution in [0.1, 0.15) is 33.9 Å². The summed E-state index contributed by atoms with van der Waals surface area (Å²) in [6.45, 7) is 3.50. The number of nitrogens with zero attached hydrogens (tertiary/aromatic N) is 1. The van der Waals surface area contributed by atoms with E-state index in [0.717, 1.165) is 5.01 Å². The fraction of sp³-hybridized carbons (Fsp3) is 0.214. The number of benzene rings is 1. The van der Waals surface area contributed by atoms with Crippen LogP contribution in [0.2, 0.25) is 0 Å². The minimum Gasteiger partial charge on any atom is -0.478 e. The molecule has 0 aliphatic carbocycles. The average molecular weight is 305 g/mol. The highest BCUT2D eigenvalue weighted by atomic mass is 32.1. The van der Waals surface area contributed by atoms with Gasteiger partial charge in [0.15, 0.2) is 0 Å². The van der Waals surface area contributed by atoms with Crippen molar-refractivity contribution in [2.75, 3.05) is 5.32 Å². The highest BCUT2D eigenvalue weighted by molar-refractivity contribution is 7.09. The molecule has 0 bridgehead atoms. The molecule has 1 aromatic heterocycles. The van der Waals surface area contributed by atoms with Crippen LogP contribution in [-0.2, 0) is 0 Å². The number of aromatic carboxylic acids is 1. The Kier molecular flexibility index (Phi) is 4.54. The first-order chi connectivity index (χ1) is 9.99. The van der Waals surface area contributed by atoms with Gasteiger partial charge in [0.1, 0.15) is 5.01 Å². The van der Waals surface area contributed by atoms with E-state index in [1.807, 2.05) is 12.3 Å². The van der Waals surface area contributed by atoms with Gasteiger partial charge in [0.2, 0.25) is 0 Å². The van der Waals surface area contributed by atoms with Gasteiger partial charge in [-0.2, -0.15) is 0 Å². The standard InChI is InChI=1S/C14H15N3O3S/c1-8-4-3-5-10(11(8)13(18)19)17-14(20)16-9(2)12-15-6-7-21-12/h3-7,9H,1-2H3,(H,18,19)(H2,16,17,20). The second kappa shape index (κ2) is 6.36. The molecule has 2 aromatic rings. The number of hydrogen-bond acceptors (Lipinski definition) is 4. The van der Waals surface area contributed by atoms with Crippen molar-refractivity contribution in [1.82, 2.24) is 10.3 Å². The fourth-order valence-corrected chi connectivity index (χ4v) is 2.57. The number of carboxylic acids is 1. The predicted molar refractivity (Wildman–Crippen MR) is 80.8 cm³/mol. The summed E-state index contributed by atoms with van der Waals surface area (Å²) in [6, 6.07) is 4.23. The average Bonchev–Trinajstić information content (AvgIpc) is 2.91. The van der Waals surface area contributed by atoms with E-state index >= 15 is 0 Å². The van der Waals surface area contributed by atoms with Crippen molar-refractivity contribution in [3.05, 3.63) is 45.9 Å². The van der Waals surface area contributed by atoms with E-state index in [4.69, 9.17) is 0 Å². The van der Waals surface area contributed by atoms with Gasteiger partial charge >= 0.3 is 12.0 Å². The molecule has 21 heavy (non-hydrogen) atoms. The molecule has 3 N–H and O–H groups in total. The minimum atomic E-state index is -1.07. The van der Waals surface area contributed by atoms with Crippen LogP contribution in [0, 0.1) is 6.92 Å². The summed E-state index contributed by atoms with van der Waals surface area (Å²) in [5, 5.41) is 17.1. The molecular formula is C14H15N3O3S. The molecule has 1 aromatic carbocycles. The second-order valence-corrected chi connectivity index (χ2v) is 5.42. The first kappa shape index (κ1) is 15.0. The first-order valence-corrected chi connectivity index (χ1v) is 7.17. The Bertz CT molecular complexity index is 655. The summed E-state index contributed by atoms with van der Waals surface area (Å²) in [5.74, 6) is -1.07. The van der Waals surface area contributed by atoms with E-state index < -0.39 is 12.0 Å². The lowest BCUT2D eigenvalue weighted by Crippen LogP contribution is -2.31. The number of carbonyl (C=O) groups is 2. The van der Waals surface area contributed by atoms with Crippen LogP contribution in [0.3, 0.4) is 0 Å². The summed E-state index contributed by atoms with van der Waals surface area (Å²) in [7, 11) is 0. The summed E-state index contributed by atoms with van der Waals surface area (Å²) >= 11 is 1.44. The van der Waals surface area contributed by atoms with Crippen LogP contribution in [0.5, 0.6) is 0 Å². The lowest BCUT2D eigenvalue weighted by molar-refractivity contribution is 0.0697. The number of anilines is 1. The maximum atomic E-state index is 12.0. The molecule has 2 rings (SSSR count). The topological polar surface area (TPSA) is 91.3 Å². The molecule has 2 amide bonds. The second-order valence-electron chi connectivity index (χ2n) is 4.49. The lowest BCUT2D eigenvalue weighted by Gasteiger charge is -2.14. The zero-order chi connectivity index (χ0) is 15.4. The van der Waals surface area contributed by atoms with E-state index in [2.05, 4.69) is 15.6 Å². The van der Waals surface area contributed by atoms with Crippen LogP contribution in [0.4, 0.5) is 10.5 Å². The van der Waals surface area contributed by atoms with E-state index in [1.165, 1.54) is 11.3 Å². The lowest BCUT2D eigenvalue weighted by atomic mass is 10.1. The fourth-order valence-electron chi connectivity index (χ4n) is 1.92. The Labute approximate surface area is 125 Å². The predicted octanol–water partition coefficient (Wildman–Crippen LogP) is 3.03. The molecule has 0 aliphatic heterocycles. The van der Waals surface area contributed by atoms with Crippen molar-refractivity contribution < 1.29 is 14.7 Å². The minimum absolute atomic E-state index is 0.0922. The smallest absolute Gasteiger partial charge is 0.338 e. The Morgan fingerprint density at radius 2 is 2.14 bits per heavy atom. The van der Waals surface area contributed by atoms with Gasteiger partial charge in [0.25, 0.3) is 0 Å². The number of carbonyl (C=O) groups excluding carboxylic acids is 1. The summed E-state index contributed by atoms with van der Waals surface area (Å²) in [5.41, 5.74) is 0.953. The van der Waals surface area contributed by atoms with Gasteiger partial charge in [-0.3, -0.25) is 0 Å². The van der Waals surface area contributed by atoms with Crippen molar-refractivity contribution in [1.29, 1.82) is 0 Å². The van der Waals surface area contributed by atoms with Crippen molar-refractivity contribution in [2.24, 2.45) is 0 Å². The van der Waals surface area contributed by atoms with Gasteiger partial charge in [0.05, 0.1) is 17.3 Å². The molecule has 1 heterocycles. The van der Waals surface area contributed by atoms with Crippen LogP contribution in [0.25, 0.3) is 0 Å². The molecule has 0 saturated heterocycles. The number of hydrogen-bond donors (Lipinski definition) is 3. The molecule has 0 spiro atoms. The number of nitrogens with one attached hydrogen (secondary N) is 2. The molecule has 0 radical (unpaired) electrons. The number of amides is 2. The maximum Gasteiger partial charge on any atom is 0.338 e. The van der Waals surface area contributed by atoms with Crippen LogP contribution in [-0.4, -0.2) is 22.1 Å². The van der Waals surface area contributed by atoms with Crippen molar-refractivity contribution >= 4 is 29.0 Å². The third-order valence-electron chi connectivity index (χ3n) is 2.90. The largest absolute Gasteiger partial charge is 0.478 e. The molecule has 1 unspecified atom stereocenters. The van der Waals surface area contributed by atoms with Crippen molar-refractivity contribution in [3.63, 3.8) is 0 Å². The Balaban J connectivity index is 2.10. The number of thiazole rings is 1. The number of rotatable bonds is 4. The van der Waals surface area contributed by atoms with Gasteiger partial charge in [-0.15, -0.1) is 11.3 Å². The monoisotopic (exact) mass is 305 g/mol. The molecule has 7 heteroatoms. The highest BCUT2D eigenvalue weighted by Crippen LogP contribution is 2.20. The number of urea groups is 1. The van der Waals surface area contributed by atoms with Crippen LogP contribution >= 0.6 is 11.3 Å². The summed E-state index contributed by atoms with van der Waals surface area (Å²) in [4.78, 5) is 27.3. The molecule has 0 fully saturated rings. The molecular weight excluding hydrogens is 290 g/mol. The van der Waals surface area contributed by atoms with Crippen LogP contribution in [0.15, 0.2) is 29.8 Å². The number of aryl methyl sites for hydroxylation is 1. The number of carboxylic acid groups (broad SMARTS) is 1. The van der Waals surface area contributed by atoms with Gasteiger partial charge in [-0.1, -0.05) is 12.1 Å². The van der Waals surface area contributed by atoms with Crippen molar-refractivity contribution in [3.8, 4) is 0 Å². The quantitative estimate of drug-likeness (QED) is 0.809. The Hall–Kier alpha value is -2.41. The van der Waals surface area contributed by atoms with Crippen LogP contribution < -0.4 is 10.6 Å². The maximum absolute atomic E-state index is 12.0. The van der Waals surface area contributed by atoms with E-state index in [1.54, 1.807) is 31.3 Å². The zero-order valence-corrected chi connectivity index (χ0v) is 12.4. The number of aromatic nitrogens is 1. The zero-order valence-electron chi connectivity index (χ0n) is 11.6. The first-order valence-electron chi connectivity index (χ1n) is 6.29. The van der Waals surface area contributed by atoms with Gasteiger partial charge in [-0.05, 0) is 25.5 Å². The SMILES string of the molecule is Cc1cccc(NC(=O)NC(C)c2nccs2)c1C(=O)O. The van der Waals surface area contributed by atoms with Crippen molar-refractivity contribution in [2.45, 2.75) is 19.9 Å².